The smallest absolute Gasteiger partial charge is 0.335 e. The Morgan fingerprint density at radius 3 is 1.62 bits per heavy atom. The summed E-state index contributed by atoms with van der Waals surface area (Å²) in [5.41, 5.74) is 16.5. The maximum Gasteiger partial charge on any atom is 0.335 e. The maximum absolute atomic E-state index is 14.1. The highest BCUT2D eigenvalue weighted by atomic mass is 35.5. The molecule has 0 aliphatic carbocycles. The third kappa shape index (κ3) is 27.0. The average Bonchev–Trinajstić information content (AvgIpc) is 3.45. The number of cyclic esters (lactones) is 1. The highest BCUT2D eigenvalue weighted by molar-refractivity contribution is 6.18. The number of allylic oxidation sites excluding steroid dienone is 1. The topological polar surface area (TPSA) is 505 Å². The quantitative estimate of drug-likeness (QED) is 0.0158. The van der Waals surface area contributed by atoms with E-state index in [0.29, 0.717) is 6.42 Å². The monoisotopic (exact) mass is 1180 g/mol. The van der Waals surface area contributed by atoms with Gasteiger partial charge in [0.15, 0.2) is 12.1 Å². The number of hydrogen-bond donors (Lipinski definition) is 18. The maximum atomic E-state index is 14.1. The number of carbonyl (C=O) groups excluding carboxylic acids is 10. The number of carboxylic acids is 1. The first-order chi connectivity index (χ1) is 38.4. The molecular formula is C50H87ClN12O18. The van der Waals surface area contributed by atoms with Crippen molar-refractivity contribution in [3.63, 3.8) is 0 Å². The number of amides is 9. The standard InChI is InChI=1S/C50H87ClN12O18/c1-4-6-7-8-9-10-11-12-13-15-28(66)24-36(68)55-34-26-81-50(80)38(35(67)25-51)62-48(77)39(40(69)49(78)79)63-41(70)29(5-2)56-47(76)37(27(3)65)61-45(74)30(16-14-20-52)57-44(73)33(19-23-64)60-43(72)31(17-21-53)58-42(71)32(18-22-54)59-46(34)75/h5,27-28,30-35,37-40,64-67,69H,4,6-26,52-54H2,1-3H3,(H,55,68)(H,56,76)(H,57,73)(H,58,71)(H,59,75)(H,60,72)(H,61,74)(H,62,77)(H,63,70)(H,78,79)/b29-5-/t27-,28-,30+,31+,32-,33-,34+,35+,37+,38+,39+,40+/m0/s1. The number of carboxylic acid groups (broad SMARTS) is 1. The van der Waals surface area contributed by atoms with Crippen molar-refractivity contribution in [3.05, 3.63) is 11.8 Å². The molecule has 1 fully saturated rings. The Hall–Kier alpha value is -6.12. The van der Waals surface area contributed by atoms with Crippen LogP contribution in [0.25, 0.3) is 0 Å². The fourth-order valence-electron chi connectivity index (χ4n) is 8.07. The van der Waals surface area contributed by atoms with Crippen LogP contribution in [0, 0.1) is 0 Å². The minimum Gasteiger partial charge on any atom is -0.479 e. The number of halogens is 1. The highest BCUT2D eigenvalue weighted by Crippen LogP contribution is 2.14. The molecule has 0 aromatic rings. The molecule has 0 spiro atoms. The normalized spacial score (nSPS) is 24.9. The van der Waals surface area contributed by atoms with Crippen LogP contribution in [0.3, 0.4) is 0 Å². The van der Waals surface area contributed by atoms with Gasteiger partial charge in [0.2, 0.25) is 47.3 Å². The molecule has 1 saturated heterocycles. The largest absolute Gasteiger partial charge is 0.479 e. The van der Waals surface area contributed by atoms with Gasteiger partial charge in [-0.05, 0) is 72.0 Å². The summed E-state index contributed by atoms with van der Waals surface area (Å²) in [5.74, 6) is -15.4. The van der Waals surface area contributed by atoms with Crippen molar-refractivity contribution in [2.24, 2.45) is 17.2 Å². The summed E-state index contributed by atoms with van der Waals surface area (Å²) in [7, 11) is 0. The number of esters is 1. The van der Waals surface area contributed by atoms with E-state index in [1.165, 1.54) is 6.92 Å². The zero-order chi connectivity index (χ0) is 61.2. The van der Waals surface area contributed by atoms with Crippen molar-refractivity contribution < 1.29 is 88.1 Å². The SMILES string of the molecule is C/C=C1\NC(=O)[C@@H]([C@H](C)O)NC(=O)[C@@H](CCCN)NC(=O)[C@H](CCO)NC(=O)[C@@H](CCN)NC(=O)[C@H](CCN)NC(=O)[C@H](NC(=O)C[C@@H](O)CCCCCCCCCCC)COC(=O)[C@@H]([C@H](O)CCl)NC(=O)[C@@H]([C@@H](O)C(=O)O)NC1=O. The van der Waals surface area contributed by atoms with E-state index in [9.17, 15) is 83.4 Å². The van der Waals surface area contributed by atoms with Gasteiger partial charge < -0.3 is 100 Å². The molecule has 0 aromatic carbocycles. The molecule has 81 heavy (non-hydrogen) atoms. The van der Waals surface area contributed by atoms with Gasteiger partial charge in [0, 0.05) is 6.61 Å². The molecule has 21 N–H and O–H groups in total. The van der Waals surface area contributed by atoms with Crippen LogP contribution in [-0.2, 0) is 57.5 Å². The zero-order valence-electron chi connectivity index (χ0n) is 46.3. The molecule has 9 amide bonds. The van der Waals surface area contributed by atoms with Crippen molar-refractivity contribution in [2.45, 2.75) is 196 Å². The number of aliphatic hydroxyl groups is 5. The number of aliphatic carboxylic acids is 1. The third-order valence-electron chi connectivity index (χ3n) is 12.7. The molecule has 12 atom stereocenters. The molecule has 0 unspecified atom stereocenters. The molecule has 1 aliphatic rings. The van der Waals surface area contributed by atoms with Gasteiger partial charge in [-0.2, -0.15) is 0 Å². The number of hydrogen-bond acceptors (Lipinski definition) is 20. The molecule has 0 radical (unpaired) electrons. The number of ether oxygens (including phenoxy) is 1. The lowest BCUT2D eigenvalue weighted by Crippen LogP contribution is -2.62. The van der Waals surface area contributed by atoms with Crippen molar-refractivity contribution in [1.82, 2.24) is 47.9 Å². The zero-order valence-corrected chi connectivity index (χ0v) is 47.0. The van der Waals surface area contributed by atoms with Gasteiger partial charge in [-0.1, -0.05) is 70.8 Å². The second kappa shape index (κ2) is 40.1. The van der Waals surface area contributed by atoms with Crippen LogP contribution in [0.5, 0.6) is 0 Å². The summed E-state index contributed by atoms with van der Waals surface area (Å²) in [6.07, 6.45) is 0.389. The molecule has 1 heterocycles. The first-order valence-corrected chi connectivity index (χ1v) is 27.8. The minimum absolute atomic E-state index is 0.0187. The number of aliphatic hydroxyl groups excluding tert-OH is 5. The van der Waals surface area contributed by atoms with Crippen LogP contribution >= 0.6 is 11.6 Å². The van der Waals surface area contributed by atoms with Crippen LogP contribution < -0.4 is 65.1 Å². The summed E-state index contributed by atoms with van der Waals surface area (Å²) in [6, 6.07) is -15.0. The molecule has 0 saturated carbocycles. The molecule has 0 aromatic heterocycles. The average molecular weight is 1180 g/mol. The van der Waals surface area contributed by atoms with Gasteiger partial charge in [-0.3, -0.25) is 43.2 Å². The van der Waals surface area contributed by atoms with E-state index in [4.69, 9.17) is 33.5 Å². The van der Waals surface area contributed by atoms with Crippen LogP contribution in [0.4, 0.5) is 0 Å². The molecule has 1 aliphatic heterocycles. The van der Waals surface area contributed by atoms with Crippen molar-refractivity contribution in [3.8, 4) is 0 Å². The minimum atomic E-state index is -2.81. The number of nitrogens with one attached hydrogen (secondary N) is 9. The Labute approximate surface area is 475 Å². The van der Waals surface area contributed by atoms with Gasteiger partial charge in [0.1, 0.15) is 54.6 Å². The van der Waals surface area contributed by atoms with Gasteiger partial charge in [0.05, 0.1) is 30.6 Å². The molecule has 30 nitrogen and oxygen atoms in total. The van der Waals surface area contributed by atoms with Gasteiger partial charge in [-0.25, -0.2) is 9.59 Å². The number of unbranched alkanes of at least 4 members (excludes halogenated alkanes) is 8. The lowest BCUT2D eigenvalue weighted by atomic mass is 10.0. The molecular weight excluding hydrogens is 1090 g/mol. The van der Waals surface area contributed by atoms with Gasteiger partial charge in [-0.15, -0.1) is 11.6 Å². The number of rotatable bonds is 27. The van der Waals surface area contributed by atoms with E-state index in [-0.39, 0.29) is 51.7 Å². The first-order valence-electron chi connectivity index (χ1n) is 27.2. The van der Waals surface area contributed by atoms with Gasteiger partial charge in [0.25, 0.3) is 5.91 Å². The Kier molecular flexibility index (Phi) is 36.1. The second-order valence-corrected chi connectivity index (χ2v) is 19.7. The van der Waals surface area contributed by atoms with E-state index in [2.05, 4.69) is 44.1 Å². The fraction of sp³-hybridized carbons (Fsp3) is 0.740. The predicted octanol–water partition coefficient (Wildman–Crippen LogP) is -5.64. The first kappa shape index (κ1) is 72.9. The van der Waals surface area contributed by atoms with Crippen LogP contribution in [0.2, 0.25) is 0 Å². The number of alkyl halides is 1. The molecule has 462 valence electrons. The lowest BCUT2D eigenvalue weighted by molar-refractivity contribution is -0.155. The van der Waals surface area contributed by atoms with Crippen molar-refractivity contribution in [2.75, 3.05) is 38.7 Å². The van der Waals surface area contributed by atoms with E-state index in [1.807, 2.05) is 10.6 Å². The fourth-order valence-corrected chi connectivity index (χ4v) is 8.25. The third-order valence-corrected chi connectivity index (χ3v) is 13.1. The van der Waals surface area contributed by atoms with Crippen LogP contribution in [0.15, 0.2) is 11.8 Å². The van der Waals surface area contributed by atoms with Crippen LogP contribution in [0.1, 0.15) is 124 Å². The van der Waals surface area contributed by atoms with E-state index in [1.54, 1.807) is 0 Å². The van der Waals surface area contributed by atoms with Gasteiger partial charge >= 0.3 is 11.9 Å². The van der Waals surface area contributed by atoms with Crippen molar-refractivity contribution in [1.29, 1.82) is 0 Å². The summed E-state index contributed by atoms with van der Waals surface area (Å²) >= 11 is 5.86. The second-order valence-electron chi connectivity index (χ2n) is 19.4. The number of nitrogens with two attached hydrogens (primary N) is 3. The Morgan fingerprint density at radius 2 is 1.14 bits per heavy atom. The van der Waals surface area contributed by atoms with Crippen LogP contribution in [-0.4, -0.2) is 207 Å². The Balaban J connectivity index is 3.94. The summed E-state index contributed by atoms with van der Waals surface area (Å²) < 4.78 is 5.29. The highest BCUT2D eigenvalue weighted by Gasteiger charge is 2.40. The molecule has 0 bridgehead atoms. The molecule has 31 heteroatoms. The summed E-state index contributed by atoms with van der Waals surface area (Å²) in [5, 5.41) is 82.6. The predicted molar refractivity (Wildman–Crippen MR) is 290 cm³/mol. The summed E-state index contributed by atoms with van der Waals surface area (Å²) in [6.45, 7) is 1.98. The lowest BCUT2D eigenvalue weighted by Gasteiger charge is -2.28. The molecule has 1 rings (SSSR count). The van der Waals surface area contributed by atoms with E-state index in [0.717, 1.165) is 64.4 Å². The number of carbonyl (C=O) groups is 11. The van der Waals surface area contributed by atoms with E-state index < -0.39 is 175 Å². The Morgan fingerprint density at radius 1 is 0.642 bits per heavy atom. The van der Waals surface area contributed by atoms with Crippen molar-refractivity contribution >= 4 is 76.7 Å². The van der Waals surface area contributed by atoms with E-state index >= 15 is 0 Å². The summed E-state index contributed by atoms with van der Waals surface area (Å²) in [4.78, 5) is 150. The Bertz CT molecular complexity index is 2090.